The van der Waals surface area contributed by atoms with E-state index in [4.69, 9.17) is 9.47 Å². The van der Waals surface area contributed by atoms with Crippen LogP contribution >= 0.6 is 0 Å². The molecule has 31 heavy (non-hydrogen) atoms. The van der Waals surface area contributed by atoms with E-state index in [2.05, 4.69) is 15.7 Å². The number of benzene rings is 3. The first-order valence-electron chi connectivity index (χ1n) is 9.68. The number of anilines is 2. The number of aromatic nitrogens is 2. The summed E-state index contributed by atoms with van der Waals surface area (Å²) in [6.07, 6.45) is 1.89. The first-order chi connectivity index (χ1) is 15.2. The van der Waals surface area contributed by atoms with Gasteiger partial charge in [-0.15, -0.1) is 0 Å². The minimum absolute atomic E-state index is 0.297. The van der Waals surface area contributed by atoms with Crippen molar-refractivity contribution < 1.29 is 14.3 Å². The third-order valence-corrected chi connectivity index (χ3v) is 4.69. The minimum Gasteiger partial charge on any atom is -0.493 e. The average Bonchev–Trinajstić information content (AvgIpc) is 3.30. The molecule has 4 rings (SSSR count). The van der Waals surface area contributed by atoms with E-state index in [0.29, 0.717) is 17.2 Å². The van der Waals surface area contributed by atoms with Gasteiger partial charge in [0.05, 0.1) is 25.6 Å². The molecule has 0 aliphatic heterocycles. The number of para-hydroxylation sites is 1. The van der Waals surface area contributed by atoms with Crippen molar-refractivity contribution in [2.75, 3.05) is 24.9 Å². The lowest BCUT2D eigenvalue weighted by Gasteiger charge is -2.09. The second kappa shape index (κ2) is 9.04. The number of rotatable bonds is 6. The molecule has 7 nitrogen and oxygen atoms in total. The molecule has 2 amide bonds. The van der Waals surface area contributed by atoms with Gasteiger partial charge in [-0.05, 0) is 60.7 Å². The van der Waals surface area contributed by atoms with Gasteiger partial charge in [0.2, 0.25) is 0 Å². The molecule has 0 bridgehead atoms. The Morgan fingerprint density at radius 3 is 2.16 bits per heavy atom. The van der Waals surface area contributed by atoms with Gasteiger partial charge in [-0.1, -0.05) is 18.2 Å². The van der Waals surface area contributed by atoms with Crippen LogP contribution in [0, 0.1) is 0 Å². The maximum atomic E-state index is 12.1. The highest BCUT2D eigenvalue weighted by Gasteiger charge is 2.09. The highest BCUT2D eigenvalue weighted by atomic mass is 16.5. The molecule has 0 atom stereocenters. The second-order valence-corrected chi connectivity index (χ2v) is 6.71. The van der Waals surface area contributed by atoms with Crippen molar-refractivity contribution in [3.63, 3.8) is 0 Å². The zero-order valence-corrected chi connectivity index (χ0v) is 17.2. The summed E-state index contributed by atoms with van der Waals surface area (Å²) in [4.78, 5) is 12.1. The number of nitrogens with one attached hydrogen (secondary N) is 2. The van der Waals surface area contributed by atoms with Crippen molar-refractivity contribution in [3.05, 3.63) is 85.1 Å². The van der Waals surface area contributed by atoms with E-state index >= 15 is 0 Å². The fourth-order valence-electron chi connectivity index (χ4n) is 3.13. The van der Waals surface area contributed by atoms with Crippen LogP contribution in [0.2, 0.25) is 0 Å². The molecule has 0 radical (unpaired) electrons. The molecule has 3 aromatic carbocycles. The first-order valence-corrected chi connectivity index (χ1v) is 9.68. The van der Waals surface area contributed by atoms with E-state index < -0.39 is 0 Å². The van der Waals surface area contributed by atoms with Gasteiger partial charge in [-0.3, -0.25) is 0 Å². The fraction of sp³-hybridized carbons (Fsp3) is 0.0833. The maximum absolute atomic E-state index is 12.1. The Morgan fingerprint density at radius 1 is 0.806 bits per heavy atom. The minimum atomic E-state index is -0.297. The molecule has 2 N–H and O–H groups in total. The van der Waals surface area contributed by atoms with Crippen LogP contribution in [0.3, 0.4) is 0 Å². The van der Waals surface area contributed by atoms with Gasteiger partial charge >= 0.3 is 6.03 Å². The molecular weight excluding hydrogens is 392 g/mol. The first kappa shape index (κ1) is 20.0. The number of ether oxygens (including phenoxy) is 2. The lowest BCUT2D eigenvalue weighted by molar-refractivity contribution is 0.262. The fourth-order valence-corrected chi connectivity index (χ4v) is 3.13. The molecule has 7 heteroatoms. The van der Waals surface area contributed by atoms with Crippen molar-refractivity contribution in [1.29, 1.82) is 0 Å². The van der Waals surface area contributed by atoms with Gasteiger partial charge < -0.3 is 20.1 Å². The third-order valence-electron chi connectivity index (χ3n) is 4.69. The number of methoxy groups -OCH3 is 2. The van der Waals surface area contributed by atoms with Crippen molar-refractivity contribution in [2.45, 2.75) is 0 Å². The summed E-state index contributed by atoms with van der Waals surface area (Å²) in [6.45, 7) is 0. The Balaban J connectivity index is 1.45. The Labute approximate surface area is 180 Å². The van der Waals surface area contributed by atoms with Gasteiger partial charge in [0.25, 0.3) is 0 Å². The lowest BCUT2D eigenvalue weighted by atomic mass is 10.1. The third kappa shape index (κ3) is 4.67. The molecule has 0 unspecified atom stereocenters. The molecule has 0 saturated heterocycles. The number of carbonyl (C=O) groups is 1. The Kier molecular flexibility index (Phi) is 5.84. The number of amides is 2. The van der Waals surface area contributed by atoms with E-state index in [1.54, 1.807) is 18.9 Å². The Bertz CT molecular complexity index is 1170. The summed E-state index contributed by atoms with van der Waals surface area (Å²) in [5, 5.41) is 10.3. The van der Waals surface area contributed by atoms with Crippen LogP contribution in [0.15, 0.2) is 85.1 Å². The van der Waals surface area contributed by atoms with Crippen LogP contribution in [0.25, 0.3) is 16.9 Å². The number of nitrogens with zero attached hydrogens (tertiary/aromatic N) is 2. The second-order valence-electron chi connectivity index (χ2n) is 6.71. The van der Waals surface area contributed by atoms with E-state index in [-0.39, 0.29) is 6.03 Å². The summed E-state index contributed by atoms with van der Waals surface area (Å²) in [6, 6.07) is 24.1. The smallest absolute Gasteiger partial charge is 0.323 e. The highest BCUT2D eigenvalue weighted by Crippen LogP contribution is 2.31. The van der Waals surface area contributed by atoms with Gasteiger partial charge in [-0.2, -0.15) is 5.10 Å². The number of hydrogen-bond donors (Lipinski definition) is 2. The monoisotopic (exact) mass is 414 g/mol. The molecule has 0 aliphatic carbocycles. The standard InChI is InChI=1S/C24H22N4O3/c1-30-22-13-8-17(16-23(22)31-2)21-14-15-28(27-21)20-11-9-19(10-12-20)26-24(29)25-18-6-4-3-5-7-18/h3-16H,1-2H3,(H2,25,26,29). The van der Waals surface area contributed by atoms with Crippen LogP contribution in [0.4, 0.5) is 16.2 Å². The Morgan fingerprint density at radius 2 is 1.48 bits per heavy atom. The summed E-state index contributed by atoms with van der Waals surface area (Å²) < 4.78 is 12.4. The molecule has 156 valence electrons. The van der Waals surface area contributed by atoms with Crippen molar-refractivity contribution in [2.24, 2.45) is 0 Å². The largest absolute Gasteiger partial charge is 0.493 e. The topological polar surface area (TPSA) is 77.4 Å². The Hall–Kier alpha value is -4.26. The molecule has 1 aromatic heterocycles. The molecule has 0 saturated carbocycles. The van der Waals surface area contributed by atoms with Crippen molar-refractivity contribution in [1.82, 2.24) is 9.78 Å². The van der Waals surface area contributed by atoms with E-state index in [1.807, 2.05) is 85.1 Å². The predicted molar refractivity (Wildman–Crippen MR) is 121 cm³/mol. The van der Waals surface area contributed by atoms with Crippen LogP contribution in [0.5, 0.6) is 11.5 Å². The van der Waals surface area contributed by atoms with Gasteiger partial charge in [0.1, 0.15) is 0 Å². The lowest BCUT2D eigenvalue weighted by Crippen LogP contribution is -2.19. The average molecular weight is 414 g/mol. The van der Waals surface area contributed by atoms with E-state index in [0.717, 1.165) is 22.6 Å². The van der Waals surface area contributed by atoms with Crippen molar-refractivity contribution >= 4 is 17.4 Å². The number of carbonyl (C=O) groups excluding carboxylic acids is 1. The molecule has 1 heterocycles. The van der Waals surface area contributed by atoms with Gasteiger partial charge in [0.15, 0.2) is 11.5 Å². The number of hydrogen-bond acceptors (Lipinski definition) is 4. The summed E-state index contributed by atoms with van der Waals surface area (Å²) in [7, 11) is 3.21. The highest BCUT2D eigenvalue weighted by molar-refractivity contribution is 5.99. The van der Waals surface area contributed by atoms with Gasteiger partial charge in [0, 0.05) is 23.1 Å². The van der Waals surface area contributed by atoms with Crippen LogP contribution in [0.1, 0.15) is 0 Å². The van der Waals surface area contributed by atoms with E-state index in [1.165, 1.54) is 0 Å². The normalized spacial score (nSPS) is 10.4. The molecule has 0 spiro atoms. The predicted octanol–water partition coefficient (Wildman–Crippen LogP) is 5.20. The van der Waals surface area contributed by atoms with Crippen LogP contribution in [-0.4, -0.2) is 30.0 Å². The number of urea groups is 1. The SMILES string of the molecule is COc1ccc(-c2ccn(-c3ccc(NC(=O)Nc4ccccc4)cc3)n2)cc1OC. The van der Waals surface area contributed by atoms with Gasteiger partial charge in [-0.25, -0.2) is 9.48 Å². The molecule has 4 aromatic rings. The quantitative estimate of drug-likeness (QED) is 0.455. The summed E-state index contributed by atoms with van der Waals surface area (Å²) >= 11 is 0. The summed E-state index contributed by atoms with van der Waals surface area (Å²) in [5.74, 6) is 1.32. The van der Waals surface area contributed by atoms with Crippen LogP contribution < -0.4 is 20.1 Å². The maximum Gasteiger partial charge on any atom is 0.323 e. The van der Waals surface area contributed by atoms with Crippen molar-refractivity contribution in [3.8, 4) is 28.4 Å². The molecule has 0 aliphatic rings. The van der Waals surface area contributed by atoms with E-state index in [9.17, 15) is 4.79 Å². The summed E-state index contributed by atoms with van der Waals surface area (Å²) in [5.41, 5.74) is 4.03. The zero-order valence-electron chi connectivity index (χ0n) is 17.2. The zero-order chi connectivity index (χ0) is 21.6. The molecule has 0 fully saturated rings. The molecular formula is C24H22N4O3. The van der Waals surface area contributed by atoms with Crippen LogP contribution in [-0.2, 0) is 0 Å².